The number of H-pyrrole nitrogens is 1. The van der Waals surface area contributed by atoms with Gasteiger partial charge in [-0.25, -0.2) is 4.98 Å². The van der Waals surface area contributed by atoms with Gasteiger partial charge in [0.1, 0.15) is 10.7 Å². The highest BCUT2D eigenvalue weighted by molar-refractivity contribution is 9.10. The summed E-state index contributed by atoms with van der Waals surface area (Å²) in [6, 6.07) is 7.86. The maximum Gasteiger partial charge on any atom is 0.259 e. The van der Waals surface area contributed by atoms with Crippen LogP contribution < -0.4 is 10.9 Å². The van der Waals surface area contributed by atoms with E-state index in [2.05, 4.69) is 41.4 Å². The van der Waals surface area contributed by atoms with Gasteiger partial charge >= 0.3 is 0 Å². The number of hydrogen-bond acceptors (Lipinski definition) is 8. The minimum atomic E-state index is -0.0771. The molecule has 0 fully saturated rings. The maximum absolute atomic E-state index is 12.3. The molecule has 0 bridgehead atoms. The van der Waals surface area contributed by atoms with E-state index in [-0.39, 0.29) is 5.56 Å². The smallest absolute Gasteiger partial charge is 0.259 e. The normalized spacial score (nSPS) is 11.2. The molecule has 0 aliphatic rings. The molecule has 0 spiro atoms. The van der Waals surface area contributed by atoms with Crippen molar-refractivity contribution in [2.24, 2.45) is 0 Å². The summed E-state index contributed by atoms with van der Waals surface area (Å²) in [6.07, 6.45) is 0. The lowest BCUT2D eigenvalue weighted by atomic mass is 10.2. The number of fused-ring (bicyclic) bond motifs is 1. The highest BCUT2D eigenvalue weighted by Crippen LogP contribution is 2.31. The molecule has 4 rings (SSSR count). The van der Waals surface area contributed by atoms with E-state index in [4.69, 9.17) is 0 Å². The minimum Gasteiger partial charge on any atom is -0.330 e. The zero-order chi connectivity index (χ0) is 19.0. The summed E-state index contributed by atoms with van der Waals surface area (Å²) in [7, 11) is 0. The van der Waals surface area contributed by atoms with Gasteiger partial charge in [0.15, 0.2) is 4.34 Å². The summed E-state index contributed by atoms with van der Waals surface area (Å²) in [4.78, 5) is 21.7. The van der Waals surface area contributed by atoms with Gasteiger partial charge in [-0.3, -0.25) is 4.79 Å². The molecule has 0 atom stereocenters. The maximum atomic E-state index is 12.3. The molecule has 1 aromatic carbocycles. The summed E-state index contributed by atoms with van der Waals surface area (Å²) >= 11 is 7.97. The molecule has 0 saturated carbocycles. The first-order valence-corrected chi connectivity index (χ1v) is 11.4. The van der Waals surface area contributed by atoms with Crippen molar-refractivity contribution in [3.05, 3.63) is 55.4 Å². The van der Waals surface area contributed by atoms with Crippen LogP contribution in [0.2, 0.25) is 0 Å². The van der Waals surface area contributed by atoms with Crippen molar-refractivity contribution >= 4 is 71.4 Å². The lowest BCUT2D eigenvalue weighted by Gasteiger charge is -2.01. The summed E-state index contributed by atoms with van der Waals surface area (Å²) in [6.45, 7) is 3.97. The van der Waals surface area contributed by atoms with Crippen LogP contribution in [0, 0.1) is 13.8 Å². The first kappa shape index (κ1) is 18.6. The SMILES string of the molecule is Cc1sc2nc(CSc3nnc(Nc4cccc(Br)c4)s3)[nH]c(=O)c2c1C. The predicted molar refractivity (Wildman–Crippen MR) is 117 cm³/mol. The Morgan fingerprint density at radius 3 is 2.93 bits per heavy atom. The van der Waals surface area contributed by atoms with E-state index in [1.54, 1.807) is 11.3 Å². The van der Waals surface area contributed by atoms with Gasteiger partial charge in [-0.15, -0.1) is 21.5 Å². The Labute approximate surface area is 175 Å². The number of aromatic amines is 1. The van der Waals surface area contributed by atoms with Gasteiger partial charge in [-0.2, -0.15) is 0 Å². The predicted octanol–water partition coefficient (Wildman–Crippen LogP) is 5.25. The summed E-state index contributed by atoms with van der Waals surface area (Å²) in [5.41, 5.74) is 1.87. The average molecular weight is 480 g/mol. The summed E-state index contributed by atoms with van der Waals surface area (Å²) in [5, 5.41) is 13.0. The molecular formula is C17H14BrN5OS3. The second-order valence-electron chi connectivity index (χ2n) is 5.77. The fourth-order valence-corrected chi connectivity index (χ4v) is 5.60. The molecule has 0 amide bonds. The third-order valence-electron chi connectivity index (χ3n) is 3.90. The van der Waals surface area contributed by atoms with E-state index in [1.807, 2.05) is 38.1 Å². The monoisotopic (exact) mass is 479 g/mol. The van der Waals surface area contributed by atoms with Crippen LogP contribution in [0.5, 0.6) is 0 Å². The van der Waals surface area contributed by atoms with Crippen LogP contribution in [-0.4, -0.2) is 20.2 Å². The second-order valence-corrected chi connectivity index (χ2v) is 10.1. The number of hydrogen-bond donors (Lipinski definition) is 2. The van der Waals surface area contributed by atoms with Gasteiger partial charge in [0.2, 0.25) is 5.13 Å². The number of aryl methyl sites for hydroxylation is 2. The Kier molecular flexibility index (Phi) is 5.31. The molecule has 0 unspecified atom stereocenters. The molecule has 10 heteroatoms. The first-order chi connectivity index (χ1) is 13.0. The van der Waals surface area contributed by atoms with E-state index in [1.165, 1.54) is 23.1 Å². The molecule has 3 aromatic heterocycles. The Balaban J connectivity index is 1.47. The van der Waals surface area contributed by atoms with Crippen LogP contribution in [0.25, 0.3) is 10.2 Å². The number of thiophene rings is 1. The lowest BCUT2D eigenvalue weighted by molar-refractivity contribution is 1.00. The first-order valence-electron chi connectivity index (χ1n) is 7.97. The average Bonchev–Trinajstić information content (AvgIpc) is 3.18. The Morgan fingerprint density at radius 2 is 2.11 bits per heavy atom. The molecule has 138 valence electrons. The molecule has 3 heterocycles. The molecule has 0 aliphatic heterocycles. The molecule has 6 nitrogen and oxygen atoms in total. The van der Waals surface area contributed by atoms with Gasteiger partial charge < -0.3 is 10.3 Å². The van der Waals surface area contributed by atoms with E-state index >= 15 is 0 Å². The van der Waals surface area contributed by atoms with Crippen LogP contribution in [0.3, 0.4) is 0 Å². The van der Waals surface area contributed by atoms with Gasteiger partial charge in [0, 0.05) is 15.0 Å². The van der Waals surface area contributed by atoms with Crippen LogP contribution in [-0.2, 0) is 5.75 Å². The van der Waals surface area contributed by atoms with Crippen molar-refractivity contribution in [1.82, 2.24) is 20.2 Å². The van der Waals surface area contributed by atoms with E-state index in [0.29, 0.717) is 17.0 Å². The lowest BCUT2D eigenvalue weighted by Crippen LogP contribution is -2.10. The molecular weight excluding hydrogens is 466 g/mol. The Bertz CT molecular complexity index is 1180. The van der Waals surface area contributed by atoms with Crippen molar-refractivity contribution in [3.8, 4) is 0 Å². The number of halogens is 1. The Hall–Kier alpha value is -1.75. The third kappa shape index (κ3) is 4.08. The van der Waals surface area contributed by atoms with Crippen LogP contribution in [0.4, 0.5) is 10.8 Å². The van der Waals surface area contributed by atoms with Crippen molar-refractivity contribution in [2.45, 2.75) is 23.9 Å². The quantitative estimate of drug-likeness (QED) is 0.380. The van der Waals surface area contributed by atoms with E-state index in [0.717, 1.165) is 34.9 Å². The van der Waals surface area contributed by atoms with Gasteiger partial charge in [-0.05, 0) is 37.6 Å². The standard InChI is InChI=1S/C17H14BrN5OS3/c1-8-9(2)26-15-13(8)14(24)20-12(21-15)7-25-17-23-22-16(27-17)19-11-5-3-4-10(18)6-11/h3-6H,7H2,1-2H3,(H,19,22)(H,20,21,24). The summed E-state index contributed by atoms with van der Waals surface area (Å²) < 4.78 is 1.81. The topological polar surface area (TPSA) is 83.6 Å². The molecule has 4 aromatic rings. The van der Waals surface area contributed by atoms with Crippen LogP contribution >= 0.6 is 50.4 Å². The molecule has 2 N–H and O–H groups in total. The zero-order valence-corrected chi connectivity index (χ0v) is 18.4. The summed E-state index contributed by atoms with van der Waals surface area (Å²) in [5.74, 6) is 1.18. The number of benzene rings is 1. The van der Waals surface area contributed by atoms with Crippen LogP contribution in [0.15, 0.2) is 37.9 Å². The minimum absolute atomic E-state index is 0.0771. The number of nitrogens with one attached hydrogen (secondary N) is 2. The van der Waals surface area contributed by atoms with E-state index in [9.17, 15) is 4.79 Å². The van der Waals surface area contributed by atoms with Crippen molar-refractivity contribution in [1.29, 1.82) is 0 Å². The number of aromatic nitrogens is 4. The van der Waals surface area contributed by atoms with Gasteiger partial charge in [-0.1, -0.05) is 45.1 Å². The van der Waals surface area contributed by atoms with Crippen molar-refractivity contribution < 1.29 is 0 Å². The third-order valence-corrected chi connectivity index (χ3v) is 7.48. The Morgan fingerprint density at radius 1 is 1.26 bits per heavy atom. The molecule has 0 radical (unpaired) electrons. The number of thioether (sulfide) groups is 1. The van der Waals surface area contributed by atoms with Crippen LogP contribution in [0.1, 0.15) is 16.3 Å². The highest BCUT2D eigenvalue weighted by Gasteiger charge is 2.13. The fourth-order valence-electron chi connectivity index (χ4n) is 2.51. The molecule has 0 aliphatic carbocycles. The second kappa shape index (κ2) is 7.70. The zero-order valence-electron chi connectivity index (χ0n) is 14.4. The highest BCUT2D eigenvalue weighted by atomic mass is 79.9. The largest absolute Gasteiger partial charge is 0.330 e. The van der Waals surface area contributed by atoms with E-state index < -0.39 is 0 Å². The van der Waals surface area contributed by atoms with Gasteiger partial charge in [0.25, 0.3) is 5.56 Å². The number of anilines is 2. The van der Waals surface area contributed by atoms with Crippen molar-refractivity contribution in [3.63, 3.8) is 0 Å². The number of nitrogens with zero attached hydrogens (tertiary/aromatic N) is 3. The number of rotatable bonds is 5. The van der Waals surface area contributed by atoms with Crippen molar-refractivity contribution in [2.75, 3.05) is 5.32 Å². The fraction of sp³-hybridized carbons (Fsp3) is 0.176. The van der Waals surface area contributed by atoms with Gasteiger partial charge in [0.05, 0.1) is 11.1 Å². The molecule has 27 heavy (non-hydrogen) atoms. The molecule has 0 saturated heterocycles.